The summed E-state index contributed by atoms with van der Waals surface area (Å²) in [5, 5.41) is 3.46. The fourth-order valence-electron chi connectivity index (χ4n) is 2.95. The first-order valence-electron chi connectivity index (χ1n) is 6.88. The molecule has 1 aliphatic heterocycles. The van der Waals surface area contributed by atoms with Gasteiger partial charge in [0.15, 0.2) is 0 Å². The zero-order chi connectivity index (χ0) is 12.2. The second kappa shape index (κ2) is 6.02. The second-order valence-corrected chi connectivity index (χ2v) is 6.61. The molecule has 0 aromatic heterocycles. The van der Waals surface area contributed by atoms with E-state index in [1.807, 2.05) is 0 Å². The van der Waals surface area contributed by atoms with Gasteiger partial charge in [0.25, 0.3) is 0 Å². The average Bonchev–Trinajstić information content (AvgIpc) is 2.64. The third kappa shape index (κ3) is 5.31. The third-order valence-corrected chi connectivity index (χ3v) is 3.89. The average molecular weight is 226 g/mol. The molecule has 16 heavy (non-hydrogen) atoms. The summed E-state index contributed by atoms with van der Waals surface area (Å²) in [6.07, 6.45) is 5.21. The quantitative estimate of drug-likeness (QED) is 0.731. The molecule has 0 radical (unpaired) electrons. The first kappa shape index (κ1) is 14.0. The zero-order valence-corrected chi connectivity index (χ0v) is 11.6. The van der Waals surface area contributed by atoms with E-state index in [4.69, 9.17) is 5.73 Å². The fourth-order valence-corrected chi connectivity index (χ4v) is 2.95. The molecule has 0 amide bonds. The normalized spacial score (nSPS) is 25.7. The van der Waals surface area contributed by atoms with Crippen LogP contribution in [0.4, 0.5) is 0 Å². The van der Waals surface area contributed by atoms with Crippen molar-refractivity contribution in [1.82, 2.24) is 5.32 Å². The predicted molar refractivity (Wildman–Crippen MR) is 71.4 cm³/mol. The minimum atomic E-state index is -0.00241. The van der Waals surface area contributed by atoms with Crippen LogP contribution in [-0.2, 0) is 0 Å². The van der Waals surface area contributed by atoms with Crippen LogP contribution in [0.5, 0.6) is 0 Å². The molecule has 0 spiro atoms. The maximum Gasteiger partial charge on any atom is 0.00995 e. The molecule has 1 aliphatic rings. The molecule has 0 saturated carbocycles. The summed E-state index contributed by atoms with van der Waals surface area (Å²) in [6, 6.07) is 0. The van der Waals surface area contributed by atoms with Gasteiger partial charge < -0.3 is 11.1 Å². The lowest BCUT2D eigenvalue weighted by Crippen LogP contribution is -2.34. The van der Waals surface area contributed by atoms with Crippen molar-refractivity contribution in [2.24, 2.45) is 23.5 Å². The molecule has 2 heteroatoms. The number of nitrogens with one attached hydrogen (secondary N) is 1. The molecular formula is C14H30N2. The van der Waals surface area contributed by atoms with Gasteiger partial charge >= 0.3 is 0 Å². The SMILES string of the molecule is CC(CCC(C)C1CCNC1)CC(C)(C)N. The first-order valence-corrected chi connectivity index (χ1v) is 6.88. The molecule has 3 N–H and O–H groups in total. The van der Waals surface area contributed by atoms with Crippen LogP contribution in [0.3, 0.4) is 0 Å². The number of hydrogen-bond acceptors (Lipinski definition) is 2. The molecular weight excluding hydrogens is 196 g/mol. The topological polar surface area (TPSA) is 38.0 Å². The van der Waals surface area contributed by atoms with E-state index in [1.165, 1.54) is 32.4 Å². The van der Waals surface area contributed by atoms with Gasteiger partial charge in [0, 0.05) is 5.54 Å². The standard InChI is InChI=1S/C14H30N2/c1-11(9-14(3,4)15)5-6-12(2)13-7-8-16-10-13/h11-13,16H,5-10,15H2,1-4H3. The van der Waals surface area contributed by atoms with Crippen molar-refractivity contribution in [3.63, 3.8) is 0 Å². The summed E-state index contributed by atoms with van der Waals surface area (Å²) in [5.41, 5.74) is 6.05. The van der Waals surface area contributed by atoms with Crippen molar-refractivity contribution in [2.45, 2.75) is 58.9 Å². The van der Waals surface area contributed by atoms with Gasteiger partial charge in [-0.15, -0.1) is 0 Å². The Bertz CT molecular complexity index is 189. The van der Waals surface area contributed by atoms with Crippen LogP contribution in [0.1, 0.15) is 53.4 Å². The van der Waals surface area contributed by atoms with E-state index in [0.717, 1.165) is 24.2 Å². The molecule has 1 saturated heterocycles. The molecule has 3 unspecified atom stereocenters. The van der Waals surface area contributed by atoms with Gasteiger partial charge in [-0.2, -0.15) is 0 Å². The van der Waals surface area contributed by atoms with E-state index in [0.29, 0.717) is 0 Å². The van der Waals surface area contributed by atoms with Gasteiger partial charge in [-0.1, -0.05) is 26.7 Å². The maximum atomic E-state index is 6.05. The highest BCUT2D eigenvalue weighted by molar-refractivity contribution is 4.78. The minimum Gasteiger partial charge on any atom is -0.326 e. The molecule has 1 fully saturated rings. The molecule has 1 heterocycles. The van der Waals surface area contributed by atoms with Crippen molar-refractivity contribution in [3.8, 4) is 0 Å². The Morgan fingerprint density at radius 2 is 2.00 bits per heavy atom. The summed E-state index contributed by atoms with van der Waals surface area (Å²) in [7, 11) is 0. The van der Waals surface area contributed by atoms with Crippen molar-refractivity contribution < 1.29 is 0 Å². The van der Waals surface area contributed by atoms with E-state index in [9.17, 15) is 0 Å². The van der Waals surface area contributed by atoms with E-state index < -0.39 is 0 Å². The van der Waals surface area contributed by atoms with Crippen LogP contribution in [0.2, 0.25) is 0 Å². The Labute approximate surface area is 101 Å². The summed E-state index contributed by atoms with van der Waals surface area (Å²) in [6.45, 7) is 11.5. The van der Waals surface area contributed by atoms with E-state index >= 15 is 0 Å². The molecule has 0 aliphatic carbocycles. The van der Waals surface area contributed by atoms with Gasteiger partial charge in [0.2, 0.25) is 0 Å². The van der Waals surface area contributed by atoms with Gasteiger partial charge in [-0.05, 0) is 57.5 Å². The predicted octanol–water partition coefficient (Wildman–Crippen LogP) is 2.78. The lowest BCUT2D eigenvalue weighted by molar-refractivity contribution is 0.300. The molecule has 0 aromatic carbocycles. The Morgan fingerprint density at radius 3 is 2.50 bits per heavy atom. The van der Waals surface area contributed by atoms with Crippen molar-refractivity contribution in [3.05, 3.63) is 0 Å². The summed E-state index contributed by atoms with van der Waals surface area (Å²) < 4.78 is 0. The van der Waals surface area contributed by atoms with Crippen molar-refractivity contribution >= 4 is 0 Å². The zero-order valence-electron chi connectivity index (χ0n) is 11.6. The Balaban J connectivity index is 2.17. The highest BCUT2D eigenvalue weighted by Gasteiger charge is 2.22. The first-order chi connectivity index (χ1) is 7.38. The number of hydrogen-bond donors (Lipinski definition) is 2. The Morgan fingerprint density at radius 1 is 1.31 bits per heavy atom. The van der Waals surface area contributed by atoms with E-state index in [1.54, 1.807) is 0 Å². The lowest BCUT2D eigenvalue weighted by Gasteiger charge is -2.25. The minimum absolute atomic E-state index is 0.00241. The molecule has 0 bridgehead atoms. The summed E-state index contributed by atoms with van der Waals surface area (Å²) in [5.74, 6) is 2.55. The van der Waals surface area contributed by atoms with Gasteiger partial charge in [-0.3, -0.25) is 0 Å². The largest absolute Gasteiger partial charge is 0.326 e. The number of rotatable bonds is 6. The van der Waals surface area contributed by atoms with Gasteiger partial charge in [-0.25, -0.2) is 0 Å². The lowest BCUT2D eigenvalue weighted by atomic mass is 9.84. The van der Waals surface area contributed by atoms with Crippen LogP contribution in [0.25, 0.3) is 0 Å². The van der Waals surface area contributed by atoms with Crippen molar-refractivity contribution in [1.29, 1.82) is 0 Å². The smallest absolute Gasteiger partial charge is 0.00995 e. The molecule has 96 valence electrons. The van der Waals surface area contributed by atoms with Gasteiger partial charge in [0.1, 0.15) is 0 Å². The second-order valence-electron chi connectivity index (χ2n) is 6.61. The maximum absolute atomic E-state index is 6.05. The van der Waals surface area contributed by atoms with Crippen LogP contribution in [-0.4, -0.2) is 18.6 Å². The van der Waals surface area contributed by atoms with E-state index in [-0.39, 0.29) is 5.54 Å². The van der Waals surface area contributed by atoms with Crippen LogP contribution >= 0.6 is 0 Å². The highest BCUT2D eigenvalue weighted by Crippen LogP contribution is 2.26. The van der Waals surface area contributed by atoms with Crippen LogP contribution < -0.4 is 11.1 Å². The Hall–Kier alpha value is -0.0800. The third-order valence-electron chi connectivity index (χ3n) is 3.89. The van der Waals surface area contributed by atoms with Crippen LogP contribution in [0, 0.1) is 17.8 Å². The monoisotopic (exact) mass is 226 g/mol. The molecule has 2 nitrogen and oxygen atoms in total. The number of nitrogens with two attached hydrogens (primary N) is 1. The summed E-state index contributed by atoms with van der Waals surface area (Å²) in [4.78, 5) is 0. The van der Waals surface area contributed by atoms with Crippen LogP contribution in [0.15, 0.2) is 0 Å². The highest BCUT2D eigenvalue weighted by atomic mass is 14.9. The molecule has 3 atom stereocenters. The van der Waals surface area contributed by atoms with E-state index in [2.05, 4.69) is 33.0 Å². The molecule has 1 rings (SSSR count). The Kier molecular flexibility index (Phi) is 5.26. The summed E-state index contributed by atoms with van der Waals surface area (Å²) >= 11 is 0. The fraction of sp³-hybridized carbons (Fsp3) is 1.00. The van der Waals surface area contributed by atoms with Gasteiger partial charge in [0.05, 0.1) is 0 Å². The molecule has 0 aromatic rings. The van der Waals surface area contributed by atoms with Crippen molar-refractivity contribution in [2.75, 3.05) is 13.1 Å².